The highest BCUT2D eigenvalue weighted by atomic mass is 32.1. The molecule has 1 aliphatic rings. The molecule has 1 fully saturated rings. The van der Waals surface area contributed by atoms with Crippen LogP contribution in [0.5, 0.6) is 0 Å². The summed E-state index contributed by atoms with van der Waals surface area (Å²) in [6, 6.07) is 13.5. The number of anilines is 2. The van der Waals surface area contributed by atoms with Crippen molar-refractivity contribution in [2.75, 3.05) is 36.9 Å². The van der Waals surface area contributed by atoms with Crippen LogP contribution in [0.3, 0.4) is 0 Å². The van der Waals surface area contributed by atoms with E-state index in [2.05, 4.69) is 23.6 Å². The number of morpholine rings is 1. The first-order chi connectivity index (χ1) is 12.5. The number of carbonyl (C=O) groups is 1. The molecule has 0 unspecified atom stereocenters. The molecule has 0 spiro atoms. The van der Waals surface area contributed by atoms with Crippen LogP contribution < -0.4 is 10.6 Å². The van der Waals surface area contributed by atoms with Gasteiger partial charge >= 0.3 is 0 Å². The Balaban J connectivity index is 1.59. The van der Waals surface area contributed by atoms with Crippen LogP contribution >= 0.6 is 12.2 Å². The molecule has 0 aliphatic carbocycles. The summed E-state index contributed by atoms with van der Waals surface area (Å²) in [7, 11) is 0. The first kappa shape index (κ1) is 18.4. The lowest BCUT2D eigenvalue weighted by Gasteiger charge is -2.26. The zero-order valence-corrected chi connectivity index (χ0v) is 15.9. The fourth-order valence-corrected chi connectivity index (χ4v) is 3.11. The molecule has 1 aliphatic heterocycles. The van der Waals surface area contributed by atoms with E-state index in [0.29, 0.717) is 37.0 Å². The zero-order valence-electron chi connectivity index (χ0n) is 15.0. The molecule has 3 rings (SSSR count). The van der Waals surface area contributed by atoms with Crippen LogP contribution in [0.1, 0.15) is 21.5 Å². The average molecular weight is 369 g/mol. The van der Waals surface area contributed by atoms with Gasteiger partial charge in [0.2, 0.25) is 0 Å². The van der Waals surface area contributed by atoms with Gasteiger partial charge in [-0.3, -0.25) is 4.79 Å². The molecule has 0 bridgehead atoms. The molecule has 1 amide bonds. The second-order valence-electron chi connectivity index (χ2n) is 6.38. The molecule has 1 heterocycles. The molecule has 0 aromatic heterocycles. The molecular weight excluding hydrogens is 346 g/mol. The lowest BCUT2D eigenvalue weighted by atomic mass is 10.1. The number of nitrogens with one attached hydrogen (secondary N) is 2. The Kier molecular flexibility index (Phi) is 5.85. The van der Waals surface area contributed by atoms with E-state index < -0.39 is 0 Å². The van der Waals surface area contributed by atoms with Gasteiger partial charge in [-0.25, -0.2) is 0 Å². The van der Waals surface area contributed by atoms with Gasteiger partial charge in [0.05, 0.1) is 13.2 Å². The first-order valence-electron chi connectivity index (χ1n) is 8.65. The Morgan fingerprint density at radius 1 is 1.04 bits per heavy atom. The molecule has 26 heavy (non-hydrogen) atoms. The number of rotatable bonds is 3. The van der Waals surface area contributed by atoms with Gasteiger partial charge in [0.25, 0.3) is 5.91 Å². The highest BCUT2D eigenvalue weighted by molar-refractivity contribution is 7.80. The Bertz CT molecular complexity index is 799. The van der Waals surface area contributed by atoms with Crippen LogP contribution in [0.4, 0.5) is 11.4 Å². The van der Waals surface area contributed by atoms with Crippen LogP contribution in [-0.2, 0) is 4.74 Å². The van der Waals surface area contributed by atoms with Crippen molar-refractivity contribution >= 4 is 34.6 Å². The minimum absolute atomic E-state index is 0.0378. The van der Waals surface area contributed by atoms with E-state index in [9.17, 15) is 4.79 Å². The van der Waals surface area contributed by atoms with Crippen LogP contribution in [0.25, 0.3) is 0 Å². The molecule has 136 valence electrons. The summed E-state index contributed by atoms with van der Waals surface area (Å²) in [5.41, 5.74) is 4.84. The molecular formula is C20H23N3O2S. The fourth-order valence-electron chi connectivity index (χ4n) is 2.88. The fraction of sp³-hybridized carbons (Fsp3) is 0.300. The van der Waals surface area contributed by atoms with Gasteiger partial charge < -0.3 is 20.3 Å². The SMILES string of the molecule is Cc1ccc(NC(=S)Nc2ccc(C(=O)N3CCOCC3)cc2)c(C)c1. The first-order valence-corrected chi connectivity index (χ1v) is 9.06. The van der Waals surface area contributed by atoms with Gasteiger partial charge in [0.1, 0.15) is 0 Å². The number of amides is 1. The third-order valence-corrected chi connectivity index (χ3v) is 4.52. The summed E-state index contributed by atoms with van der Waals surface area (Å²) in [5.74, 6) is 0.0378. The van der Waals surface area contributed by atoms with E-state index >= 15 is 0 Å². The molecule has 1 saturated heterocycles. The number of nitrogens with zero attached hydrogens (tertiary/aromatic N) is 1. The third kappa shape index (κ3) is 4.59. The van der Waals surface area contributed by atoms with E-state index in [4.69, 9.17) is 17.0 Å². The normalized spacial score (nSPS) is 14.0. The Hall–Kier alpha value is -2.44. The van der Waals surface area contributed by atoms with Crippen molar-refractivity contribution in [1.29, 1.82) is 0 Å². The van der Waals surface area contributed by atoms with Gasteiger partial charge in [0.15, 0.2) is 5.11 Å². The van der Waals surface area contributed by atoms with Crippen LogP contribution in [-0.4, -0.2) is 42.2 Å². The van der Waals surface area contributed by atoms with Crippen molar-refractivity contribution in [2.45, 2.75) is 13.8 Å². The summed E-state index contributed by atoms with van der Waals surface area (Å²) in [5, 5.41) is 6.88. The second kappa shape index (κ2) is 8.29. The number of hydrogen-bond donors (Lipinski definition) is 2. The zero-order chi connectivity index (χ0) is 18.5. The number of benzene rings is 2. The quantitative estimate of drug-likeness (QED) is 0.810. The highest BCUT2D eigenvalue weighted by Gasteiger charge is 2.18. The summed E-state index contributed by atoms with van der Waals surface area (Å²) in [6.45, 7) is 6.59. The van der Waals surface area contributed by atoms with Gasteiger partial charge in [-0.1, -0.05) is 17.7 Å². The van der Waals surface area contributed by atoms with Crippen molar-refractivity contribution in [3.63, 3.8) is 0 Å². The van der Waals surface area contributed by atoms with Crippen molar-refractivity contribution < 1.29 is 9.53 Å². The van der Waals surface area contributed by atoms with Gasteiger partial charge in [0, 0.05) is 30.0 Å². The summed E-state index contributed by atoms with van der Waals surface area (Å²) in [4.78, 5) is 14.3. The third-order valence-electron chi connectivity index (χ3n) is 4.32. The topological polar surface area (TPSA) is 53.6 Å². The smallest absolute Gasteiger partial charge is 0.254 e. The van der Waals surface area contributed by atoms with Crippen LogP contribution in [0.2, 0.25) is 0 Å². The monoisotopic (exact) mass is 369 g/mol. The Morgan fingerprint density at radius 3 is 2.38 bits per heavy atom. The predicted molar refractivity (Wildman–Crippen MR) is 109 cm³/mol. The Morgan fingerprint density at radius 2 is 1.73 bits per heavy atom. The predicted octanol–water partition coefficient (Wildman–Crippen LogP) is 3.58. The second-order valence-corrected chi connectivity index (χ2v) is 6.79. The minimum Gasteiger partial charge on any atom is -0.378 e. The van der Waals surface area contributed by atoms with E-state index in [1.165, 1.54) is 5.56 Å². The molecule has 0 atom stereocenters. The van der Waals surface area contributed by atoms with Crippen molar-refractivity contribution in [1.82, 2.24) is 4.90 Å². The molecule has 0 radical (unpaired) electrons. The van der Waals surface area contributed by atoms with Crippen LogP contribution in [0.15, 0.2) is 42.5 Å². The van der Waals surface area contributed by atoms with Gasteiger partial charge in [-0.15, -0.1) is 0 Å². The lowest BCUT2D eigenvalue weighted by molar-refractivity contribution is 0.0303. The van der Waals surface area contributed by atoms with Gasteiger partial charge in [-0.05, 0) is 62.0 Å². The largest absolute Gasteiger partial charge is 0.378 e. The molecule has 2 aromatic rings. The van der Waals surface area contributed by atoms with E-state index in [1.54, 1.807) is 0 Å². The minimum atomic E-state index is 0.0378. The molecule has 0 saturated carbocycles. The van der Waals surface area contributed by atoms with Crippen molar-refractivity contribution in [3.8, 4) is 0 Å². The molecule has 5 nitrogen and oxygen atoms in total. The summed E-state index contributed by atoms with van der Waals surface area (Å²) < 4.78 is 5.29. The van der Waals surface area contributed by atoms with Crippen molar-refractivity contribution in [3.05, 3.63) is 59.2 Å². The number of thiocarbonyl (C=S) groups is 1. The number of aryl methyl sites for hydroxylation is 2. The summed E-state index contributed by atoms with van der Waals surface area (Å²) >= 11 is 5.39. The molecule has 2 N–H and O–H groups in total. The average Bonchev–Trinajstić information content (AvgIpc) is 2.65. The maximum absolute atomic E-state index is 12.5. The molecule has 2 aromatic carbocycles. The van der Waals surface area contributed by atoms with Crippen molar-refractivity contribution in [2.24, 2.45) is 0 Å². The van der Waals surface area contributed by atoms with Gasteiger partial charge in [-0.2, -0.15) is 0 Å². The number of ether oxygens (including phenoxy) is 1. The van der Waals surface area contributed by atoms with Crippen LogP contribution in [0, 0.1) is 13.8 Å². The maximum atomic E-state index is 12.5. The standard InChI is InChI=1S/C20H23N3O2S/c1-14-3-8-18(15(2)13-14)22-20(26)21-17-6-4-16(5-7-17)19(24)23-9-11-25-12-10-23/h3-8,13H,9-12H2,1-2H3,(H2,21,22,26). The lowest BCUT2D eigenvalue weighted by Crippen LogP contribution is -2.40. The van der Waals surface area contributed by atoms with E-state index in [1.807, 2.05) is 48.2 Å². The Labute approximate surface area is 159 Å². The molecule has 6 heteroatoms. The highest BCUT2D eigenvalue weighted by Crippen LogP contribution is 2.17. The maximum Gasteiger partial charge on any atom is 0.254 e. The number of carbonyl (C=O) groups excluding carboxylic acids is 1. The number of hydrogen-bond acceptors (Lipinski definition) is 3. The van der Waals surface area contributed by atoms with E-state index in [-0.39, 0.29) is 5.91 Å². The van der Waals surface area contributed by atoms with E-state index in [0.717, 1.165) is 16.9 Å². The summed E-state index contributed by atoms with van der Waals surface area (Å²) in [6.07, 6.45) is 0.